The highest BCUT2D eigenvalue weighted by Crippen LogP contribution is 2.20. The van der Waals surface area contributed by atoms with Gasteiger partial charge in [0, 0.05) is 13.6 Å². The number of amides is 1. The van der Waals surface area contributed by atoms with Crippen LogP contribution in [0.3, 0.4) is 0 Å². The fraction of sp³-hybridized carbons (Fsp3) is 0.611. The maximum Gasteiger partial charge on any atom is 0.257 e. The maximum atomic E-state index is 11.9. The molecule has 0 aliphatic heterocycles. The van der Waals surface area contributed by atoms with E-state index in [1.807, 2.05) is 0 Å². The number of carbonyl (C=O) groups excluding carboxylic acids is 1. The van der Waals surface area contributed by atoms with Crippen LogP contribution < -0.4 is 14.4 Å². The molecule has 1 amide bonds. The molecule has 0 heterocycles. The van der Waals surface area contributed by atoms with Gasteiger partial charge in [0.2, 0.25) is 10.0 Å². The molecule has 0 radical (unpaired) electrons. The van der Waals surface area contributed by atoms with Crippen LogP contribution >= 0.6 is 0 Å². The molecule has 0 aliphatic carbocycles. The molecule has 0 unspecified atom stereocenters. The summed E-state index contributed by atoms with van der Waals surface area (Å²) in [6, 6.07) is 6.60. The zero-order valence-electron chi connectivity index (χ0n) is 15.6. The Morgan fingerprint density at radius 1 is 1.24 bits per heavy atom. The molecule has 0 aromatic heterocycles. The fourth-order valence-corrected chi connectivity index (χ4v) is 2.85. The summed E-state index contributed by atoms with van der Waals surface area (Å²) in [7, 11) is -1.80. The van der Waals surface area contributed by atoms with Gasteiger partial charge in [0.15, 0.2) is 6.61 Å². The standard InChI is InChI=1S/C18H30N2O4S/c1-5-7-8-15(6-2)13-19-18(21)14-24-17-11-9-16(10-12-17)20(3)25(4,22)23/h9-12,15H,5-8,13-14H2,1-4H3,(H,19,21)/t15-/m0/s1. The summed E-state index contributed by atoms with van der Waals surface area (Å²) in [4.78, 5) is 11.9. The minimum absolute atomic E-state index is 0.0501. The Kier molecular flexibility index (Phi) is 8.75. The van der Waals surface area contributed by atoms with Crippen molar-refractivity contribution >= 4 is 21.6 Å². The van der Waals surface area contributed by atoms with Crippen LogP contribution in [0.5, 0.6) is 5.75 Å². The minimum atomic E-state index is -3.29. The fourth-order valence-electron chi connectivity index (χ4n) is 2.35. The zero-order chi connectivity index (χ0) is 18.9. The Morgan fingerprint density at radius 3 is 2.40 bits per heavy atom. The van der Waals surface area contributed by atoms with E-state index in [0.717, 1.165) is 25.5 Å². The van der Waals surface area contributed by atoms with Crippen molar-refractivity contribution in [1.82, 2.24) is 5.32 Å². The van der Waals surface area contributed by atoms with E-state index >= 15 is 0 Å². The normalized spacial score (nSPS) is 12.5. The van der Waals surface area contributed by atoms with Crippen LogP contribution in [-0.2, 0) is 14.8 Å². The van der Waals surface area contributed by atoms with Gasteiger partial charge in [-0.15, -0.1) is 0 Å². The van der Waals surface area contributed by atoms with Crippen molar-refractivity contribution < 1.29 is 17.9 Å². The van der Waals surface area contributed by atoms with E-state index in [-0.39, 0.29) is 12.5 Å². The molecule has 142 valence electrons. The first-order valence-corrected chi connectivity index (χ1v) is 10.6. The smallest absolute Gasteiger partial charge is 0.257 e. The van der Waals surface area contributed by atoms with Gasteiger partial charge in [-0.1, -0.05) is 33.1 Å². The molecule has 0 saturated carbocycles. The van der Waals surface area contributed by atoms with Crippen LogP contribution in [-0.4, -0.2) is 40.8 Å². The van der Waals surface area contributed by atoms with E-state index in [4.69, 9.17) is 4.74 Å². The summed E-state index contributed by atoms with van der Waals surface area (Å²) in [6.45, 7) is 4.93. The van der Waals surface area contributed by atoms with E-state index in [1.165, 1.54) is 17.8 Å². The lowest BCUT2D eigenvalue weighted by atomic mass is 9.99. The predicted octanol–water partition coefficient (Wildman–Crippen LogP) is 2.79. The van der Waals surface area contributed by atoms with Crippen molar-refractivity contribution in [3.8, 4) is 5.75 Å². The average Bonchev–Trinajstić information content (AvgIpc) is 2.59. The molecule has 0 spiro atoms. The van der Waals surface area contributed by atoms with E-state index in [9.17, 15) is 13.2 Å². The van der Waals surface area contributed by atoms with Crippen LogP contribution in [0.4, 0.5) is 5.69 Å². The molecule has 1 rings (SSSR count). The number of nitrogens with one attached hydrogen (secondary N) is 1. The van der Waals surface area contributed by atoms with Crippen LogP contribution in [0, 0.1) is 5.92 Å². The van der Waals surface area contributed by atoms with Crippen molar-refractivity contribution in [3.05, 3.63) is 24.3 Å². The van der Waals surface area contributed by atoms with E-state index in [1.54, 1.807) is 24.3 Å². The topological polar surface area (TPSA) is 75.7 Å². The Hall–Kier alpha value is -1.76. The molecule has 0 saturated heterocycles. The number of hydrogen-bond acceptors (Lipinski definition) is 4. The summed E-state index contributed by atoms with van der Waals surface area (Å²) < 4.78 is 29.6. The van der Waals surface area contributed by atoms with Crippen molar-refractivity contribution in [2.45, 2.75) is 39.5 Å². The number of hydrogen-bond donors (Lipinski definition) is 1. The third-order valence-electron chi connectivity index (χ3n) is 4.20. The van der Waals surface area contributed by atoms with Crippen molar-refractivity contribution in [2.75, 3.05) is 30.8 Å². The number of anilines is 1. The van der Waals surface area contributed by atoms with Crippen LogP contribution in [0.2, 0.25) is 0 Å². The summed E-state index contributed by atoms with van der Waals surface area (Å²) in [5.41, 5.74) is 0.543. The number of ether oxygens (including phenoxy) is 1. The van der Waals surface area contributed by atoms with Crippen LogP contribution in [0.15, 0.2) is 24.3 Å². The molecule has 25 heavy (non-hydrogen) atoms. The van der Waals surface area contributed by atoms with Gasteiger partial charge >= 0.3 is 0 Å². The first-order chi connectivity index (χ1) is 11.8. The lowest BCUT2D eigenvalue weighted by molar-refractivity contribution is -0.123. The highest BCUT2D eigenvalue weighted by atomic mass is 32.2. The highest BCUT2D eigenvalue weighted by molar-refractivity contribution is 7.92. The van der Waals surface area contributed by atoms with Crippen molar-refractivity contribution in [3.63, 3.8) is 0 Å². The Labute approximate surface area is 151 Å². The largest absolute Gasteiger partial charge is 0.484 e. The third kappa shape index (κ3) is 7.77. The summed E-state index contributed by atoms with van der Waals surface area (Å²) >= 11 is 0. The van der Waals surface area contributed by atoms with Gasteiger partial charge < -0.3 is 10.1 Å². The molecule has 1 aromatic carbocycles. The van der Waals surface area contributed by atoms with Gasteiger partial charge in [-0.05, 0) is 36.6 Å². The number of carbonyl (C=O) groups is 1. The van der Waals surface area contributed by atoms with Gasteiger partial charge in [-0.2, -0.15) is 0 Å². The minimum Gasteiger partial charge on any atom is -0.484 e. The SMILES string of the molecule is CCCC[C@H](CC)CNC(=O)COc1ccc(N(C)S(C)(=O)=O)cc1. The maximum absolute atomic E-state index is 11.9. The van der Waals surface area contributed by atoms with Gasteiger partial charge in [-0.3, -0.25) is 9.10 Å². The first-order valence-electron chi connectivity index (χ1n) is 8.71. The van der Waals surface area contributed by atoms with Crippen molar-refractivity contribution in [2.24, 2.45) is 5.92 Å². The second kappa shape index (κ2) is 10.3. The summed E-state index contributed by atoms with van der Waals surface area (Å²) in [6.07, 6.45) is 5.67. The molecule has 7 heteroatoms. The molecule has 1 aromatic rings. The quantitative estimate of drug-likeness (QED) is 0.650. The highest BCUT2D eigenvalue weighted by Gasteiger charge is 2.12. The second-order valence-corrected chi connectivity index (χ2v) is 8.25. The van der Waals surface area contributed by atoms with E-state index in [2.05, 4.69) is 19.2 Å². The van der Waals surface area contributed by atoms with Gasteiger partial charge in [0.05, 0.1) is 11.9 Å². The number of rotatable bonds is 11. The molecule has 0 bridgehead atoms. The molecular formula is C18H30N2O4S. The monoisotopic (exact) mass is 370 g/mol. The zero-order valence-corrected chi connectivity index (χ0v) is 16.4. The number of sulfonamides is 1. The predicted molar refractivity (Wildman–Crippen MR) is 101 cm³/mol. The Morgan fingerprint density at radius 2 is 1.88 bits per heavy atom. The molecular weight excluding hydrogens is 340 g/mol. The van der Waals surface area contributed by atoms with Crippen LogP contribution in [0.1, 0.15) is 39.5 Å². The second-order valence-electron chi connectivity index (χ2n) is 6.23. The lowest BCUT2D eigenvalue weighted by Gasteiger charge is -2.17. The molecule has 1 N–H and O–H groups in total. The van der Waals surface area contributed by atoms with Crippen LogP contribution in [0.25, 0.3) is 0 Å². The van der Waals surface area contributed by atoms with Gasteiger partial charge in [-0.25, -0.2) is 8.42 Å². The van der Waals surface area contributed by atoms with Gasteiger partial charge in [0.25, 0.3) is 5.91 Å². The van der Waals surface area contributed by atoms with Gasteiger partial charge in [0.1, 0.15) is 5.75 Å². The first kappa shape index (κ1) is 21.3. The average molecular weight is 371 g/mol. The Balaban J connectivity index is 2.43. The van der Waals surface area contributed by atoms with Crippen molar-refractivity contribution in [1.29, 1.82) is 0 Å². The number of unbranched alkanes of at least 4 members (excludes halogenated alkanes) is 1. The van der Waals surface area contributed by atoms with E-state index < -0.39 is 10.0 Å². The molecule has 6 nitrogen and oxygen atoms in total. The molecule has 0 fully saturated rings. The number of nitrogens with zero attached hydrogens (tertiary/aromatic N) is 1. The molecule has 1 atom stereocenters. The lowest BCUT2D eigenvalue weighted by Crippen LogP contribution is -2.33. The summed E-state index contributed by atoms with van der Waals surface area (Å²) in [5, 5.41) is 2.91. The summed E-state index contributed by atoms with van der Waals surface area (Å²) in [5.74, 6) is 0.890. The number of benzene rings is 1. The Bertz CT molecular complexity index is 629. The molecule has 0 aliphatic rings. The third-order valence-corrected chi connectivity index (χ3v) is 5.40. The van der Waals surface area contributed by atoms with E-state index in [0.29, 0.717) is 23.9 Å².